The summed E-state index contributed by atoms with van der Waals surface area (Å²) < 4.78 is 0. The highest BCUT2D eigenvalue weighted by Crippen LogP contribution is 2.19. The van der Waals surface area contributed by atoms with Crippen LogP contribution >= 0.6 is 0 Å². The Hall–Kier alpha value is -1.35. The van der Waals surface area contributed by atoms with Crippen LogP contribution in [0, 0.1) is 0 Å². The van der Waals surface area contributed by atoms with Crippen LogP contribution < -0.4 is 5.32 Å². The second-order valence-corrected chi connectivity index (χ2v) is 6.80. The van der Waals surface area contributed by atoms with Gasteiger partial charge in [0.15, 0.2) is 0 Å². The van der Waals surface area contributed by atoms with Gasteiger partial charge in [0.05, 0.1) is 0 Å². The van der Waals surface area contributed by atoms with Crippen molar-refractivity contribution in [1.29, 1.82) is 0 Å². The number of nitrogens with one attached hydrogen (secondary N) is 1. The number of nitrogens with zero attached hydrogens (tertiary/aromatic N) is 1. The molecule has 1 aromatic rings. The van der Waals surface area contributed by atoms with Crippen LogP contribution in [0.5, 0.6) is 0 Å². The van der Waals surface area contributed by atoms with E-state index >= 15 is 0 Å². The highest BCUT2D eigenvalue weighted by atomic mass is 16.1. The lowest BCUT2D eigenvalue weighted by atomic mass is 10.00. The summed E-state index contributed by atoms with van der Waals surface area (Å²) in [6.07, 6.45) is 9.30. The summed E-state index contributed by atoms with van der Waals surface area (Å²) in [6, 6.07) is 9.10. The molecule has 22 heavy (non-hydrogen) atoms. The molecule has 0 saturated heterocycles. The van der Waals surface area contributed by atoms with E-state index in [4.69, 9.17) is 0 Å². The number of carbonyl (C=O) groups is 1. The summed E-state index contributed by atoms with van der Waals surface area (Å²) in [4.78, 5) is 14.6. The van der Waals surface area contributed by atoms with Gasteiger partial charge in [0.25, 0.3) is 0 Å². The number of fused-ring (bicyclic) bond motifs is 1. The Morgan fingerprint density at radius 3 is 2.59 bits per heavy atom. The van der Waals surface area contributed by atoms with E-state index in [-0.39, 0.29) is 5.91 Å². The maximum Gasteiger partial charge on any atom is 0.221 e. The maximum absolute atomic E-state index is 12.2. The summed E-state index contributed by atoms with van der Waals surface area (Å²) in [6.45, 7) is 2.95. The van der Waals surface area contributed by atoms with Crippen molar-refractivity contribution < 1.29 is 4.79 Å². The molecule has 0 bridgehead atoms. The van der Waals surface area contributed by atoms with Crippen LogP contribution in [0.25, 0.3) is 0 Å². The van der Waals surface area contributed by atoms with Gasteiger partial charge < -0.3 is 5.32 Å². The fourth-order valence-electron chi connectivity index (χ4n) is 3.73. The number of amides is 1. The second kappa shape index (κ2) is 7.77. The molecule has 1 aliphatic carbocycles. The summed E-state index contributed by atoms with van der Waals surface area (Å²) in [7, 11) is 0. The van der Waals surface area contributed by atoms with Crippen LogP contribution in [-0.4, -0.2) is 29.9 Å². The van der Waals surface area contributed by atoms with Gasteiger partial charge in [-0.25, -0.2) is 0 Å². The smallest absolute Gasteiger partial charge is 0.221 e. The summed E-state index contributed by atoms with van der Waals surface area (Å²) >= 11 is 0. The highest BCUT2D eigenvalue weighted by Gasteiger charge is 2.18. The predicted octanol–water partition coefficient (Wildman–Crippen LogP) is 3.27. The number of hydrogen-bond donors (Lipinski definition) is 1. The van der Waals surface area contributed by atoms with Crippen LogP contribution in [-0.2, 0) is 17.8 Å². The van der Waals surface area contributed by atoms with Crippen molar-refractivity contribution in [3.05, 3.63) is 35.4 Å². The average molecular weight is 300 g/mol. The second-order valence-electron chi connectivity index (χ2n) is 6.80. The molecule has 1 fully saturated rings. The van der Waals surface area contributed by atoms with E-state index in [2.05, 4.69) is 34.5 Å². The minimum Gasteiger partial charge on any atom is -0.353 e. The van der Waals surface area contributed by atoms with Gasteiger partial charge in [-0.15, -0.1) is 0 Å². The Kier molecular flexibility index (Phi) is 5.49. The molecule has 1 saturated carbocycles. The fraction of sp³-hybridized carbons (Fsp3) is 0.632. The Morgan fingerprint density at radius 1 is 1.09 bits per heavy atom. The van der Waals surface area contributed by atoms with Crippen LogP contribution in [0.4, 0.5) is 0 Å². The summed E-state index contributed by atoms with van der Waals surface area (Å²) in [5.41, 5.74) is 2.90. The average Bonchev–Trinajstić information content (AvgIpc) is 2.81. The van der Waals surface area contributed by atoms with Crippen LogP contribution in [0.15, 0.2) is 24.3 Å². The molecule has 0 radical (unpaired) electrons. The Labute approximate surface area is 134 Å². The topological polar surface area (TPSA) is 32.3 Å². The lowest BCUT2D eigenvalue weighted by Gasteiger charge is -2.28. The van der Waals surface area contributed by atoms with Gasteiger partial charge >= 0.3 is 0 Å². The number of hydrogen-bond acceptors (Lipinski definition) is 2. The molecule has 0 atom stereocenters. The monoisotopic (exact) mass is 300 g/mol. The van der Waals surface area contributed by atoms with E-state index in [0.717, 1.165) is 26.1 Å². The van der Waals surface area contributed by atoms with Gasteiger partial charge in [0.2, 0.25) is 5.91 Å². The third-order valence-corrected chi connectivity index (χ3v) is 5.09. The summed E-state index contributed by atoms with van der Waals surface area (Å²) in [5, 5.41) is 3.25. The first kappa shape index (κ1) is 15.5. The van der Waals surface area contributed by atoms with Crippen molar-refractivity contribution in [1.82, 2.24) is 10.2 Å². The minimum atomic E-state index is 0.241. The third-order valence-electron chi connectivity index (χ3n) is 5.09. The molecule has 2 aliphatic rings. The van der Waals surface area contributed by atoms with E-state index < -0.39 is 0 Å². The summed E-state index contributed by atoms with van der Waals surface area (Å²) in [5.74, 6) is 0.241. The molecule has 1 aromatic carbocycles. The number of rotatable bonds is 4. The van der Waals surface area contributed by atoms with Crippen molar-refractivity contribution >= 4 is 5.91 Å². The van der Waals surface area contributed by atoms with E-state index in [1.807, 2.05) is 0 Å². The van der Waals surface area contributed by atoms with Gasteiger partial charge in [-0.2, -0.15) is 0 Å². The maximum atomic E-state index is 12.2. The molecule has 0 unspecified atom stereocenters. The van der Waals surface area contributed by atoms with Crippen molar-refractivity contribution in [3.63, 3.8) is 0 Å². The van der Waals surface area contributed by atoms with E-state index in [1.165, 1.54) is 49.7 Å². The van der Waals surface area contributed by atoms with E-state index in [1.54, 1.807) is 0 Å². The first-order chi connectivity index (χ1) is 10.8. The first-order valence-electron chi connectivity index (χ1n) is 8.90. The van der Waals surface area contributed by atoms with Gasteiger partial charge in [-0.05, 0) is 30.4 Å². The number of benzene rings is 1. The SMILES string of the molecule is O=C(CCN1CCc2ccccc2C1)NC1CCCCCC1. The van der Waals surface area contributed by atoms with Gasteiger partial charge in [0.1, 0.15) is 0 Å². The van der Waals surface area contributed by atoms with Crippen LogP contribution in [0.3, 0.4) is 0 Å². The predicted molar refractivity (Wildman–Crippen MR) is 89.7 cm³/mol. The third kappa shape index (κ3) is 4.33. The van der Waals surface area contributed by atoms with Crippen molar-refractivity contribution in [2.75, 3.05) is 13.1 Å². The molecule has 1 N–H and O–H groups in total. The highest BCUT2D eigenvalue weighted by molar-refractivity contribution is 5.76. The molecule has 1 amide bonds. The molecule has 1 aliphatic heterocycles. The molecule has 3 heteroatoms. The molecule has 0 aromatic heterocycles. The molecular formula is C19H28N2O. The minimum absolute atomic E-state index is 0.241. The molecule has 120 valence electrons. The van der Waals surface area contributed by atoms with Gasteiger partial charge in [-0.3, -0.25) is 9.69 Å². The zero-order valence-corrected chi connectivity index (χ0v) is 13.5. The zero-order chi connectivity index (χ0) is 15.2. The lowest BCUT2D eigenvalue weighted by Crippen LogP contribution is -2.38. The molecule has 3 nitrogen and oxygen atoms in total. The van der Waals surface area contributed by atoms with Crippen LogP contribution in [0.1, 0.15) is 56.1 Å². The van der Waals surface area contributed by atoms with Crippen molar-refractivity contribution in [2.45, 2.75) is 64.0 Å². The Bertz CT molecular complexity index is 492. The van der Waals surface area contributed by atoms with Crippen molar-refractivity contribution in [2.24, 2.45) is 0 Å². The Morgan fingerprint density at radius 2 is 1.82 bits per heavy atom. The quantitative estimate of drug-likeness (QED) is 0.866. The lowest BCUT2D eigenvalue weighted by molar-refractivity contribution is -0.122. The van der Waals surface area contributed by atoms with Gasteiger partial charge in [0, 0.05) is 32.1 Å². The standard InChI is InChI=1S/C19H28N2O/c22-19(20-18-9-3-1-2-4-10-18)12-14-21-13-11-16-7-5-6-8-17(16)15-21/h5-8,18H,1-4,9-15H2,(H,20,22). The first-order valence-corrected chi connectivity index (χ1v) is 8.90. The van der Waals surface area contributed by atoms with E-state index in [9.17, 15) is 4.79 Å². The molecule has 1 heterocycles. The fourth-order valence-corrected chi connectivity index (χ4v) is 3.73. The number of carbonyl (C=O) groups excluding carboxylic acids is 1. The van der Waals surface area contributed by atoms with Gasteiger partial charge in [-0.1, -0.05) is 49.9 Å². The van der Waals surface area contributed by atoms with E-state index in [0.29, 0.717) is 12.5 Å². The molecule has 3 rings (SSSR count). The largest absolute Gasteiger partial charge is 0.353 e. The van der Waals surface area contributed by atoms with Crippen LogP contribution in [0.2, 0.25) is 0 Å². The molecule has 0 spiro atoms. The Balaban J connectivity index is 1.42. The van der Waals surface area contributed by atoms with Crippen molar-refractivity contribution in [3.8, 4) is 0 Å². The normalized spacial score (nSPS) is 20.2. The zero-order valence-electron chi connectivity index (χ0n) is 13.5. The molecular weight excluding hydrogens is 272 g/mol.